The van der Waals surface area contributed by atoms with Crippen LogP contribution in [0.15, 0.2) is 12.2 Å². The van der Waals surface area contributed by atoms with E-state index in [1.807, 2.05) is 0 Å². The molecule has 0 unspecified atom stereocenters. The molecule has 0 aromatic rings. The van der Waals surface area contributed by atoms with Gasteiger partial charge in [-0.2, -0.15) is 0 Å². The molecule has 0 bridgehead atoms. The fraction of sp³-hybridized carbons (Fsp3) is 0.700. The summed E-state index contributed by atoms with van der Waals surface area (Å²) in [5, 5.41) is 0. The molecule has 4 heteroatoms. The monoisotopic (exact) mass is 221 g/mol. The quantitative estimate of drug-likeness (QED) is 0.237. The molecule has 0 aromatic heterocycles. The van der Waals surface area contributed by atoms with Crippen molar-refractivity contribution in [3.05, 3.63) is 12.2 Å². The molecule has 0 spiro atoms. The third-order valence-electron chi connectivity index (χ3n) is 1.52. The van der Waals surface area contributed by atoms with E-state index in [2.05, 4.69) is 21.1 Å². The number of carbonyl (C=O) groups excluding carboxylic acids is 1. The molecule has 14 heavy (non-hydrogen) atoms. The standard InChI is InChI=1S/C10H20NO2.ClH/c1-5-7-10(12)13-9-6-8-11(2,3)4;/h5,7H,6,8-9H2,1-4H3;1H/q+1;/p-1. The van der Waals surface area contributed by atoms with Crippen LogP contribution in [0.3, 0.4) is 0 Å². The van der Waals surface area contributed by atoms with E-state index in [1.165, 1.54) is 6.08 Å². The summed E-state index contributed by atoms with van der Waals surface area (Å²) in [5.74, 6) is -0.246. The van der Waals surface area contributed by atoms with Crippen molar-refractivity contribution in [2.24, 2.45) is 0 Å². The highest BCUT2D eigenvalue weighted by atomic mass is 35.5. The van der Waals surface area contributed by atoms with E-state index in [4.69, 9.17) is 4.74 Å². The molecular formula is C10H20ClNO2. The number of carbonyl (C=O) groups is 1. The Kier molecular flexibility index (Phi) is 8.89. The summed E-state index contributed by atoms with van der Waals surface area (Å²) in [4.78, 5) is 10.9. The molecule has 0 aromatic carbocycles. The number of hydrogen-bond donors (Lipinski definition) is 0. The zero-order valence-electron chi connectivity index (χ0n) is 9.42. The van der Waals surface area contributed by atoms with E-state index >= 15 is 0 Å². The molecule has 0 radical (unpaired) electrons. The average Bonchev–Trinajstić information content (AvgIpc) is 1.97. The maximum atomic E-state index is 10.9. The first kappa shape index (κ1) is 15.9. The maximum Gasteiger partial charge on any atom is 0.330 e. The molecule has 84 valence electrons. The van der Waals surface area contributed by atoms with Crippen molar-refractivity contribution >= 4 is 5.97 Å². The van der Waals surface area contributed by atoms with Crippen molar-refractivity contribution in [3.63, 3.8) is 0 Å². The lowest BCUT2D eigenvalue weighted by atomic mass is 10.4. The zero-order chi connectivity index (χ0) is 10.3. The summed E-state index contributed by atoms with van der Waals surface area (Å²) in [6, 6.07) is 0. The minimum atomic E-state index is -0.246. The number of allylic oxidation sites excluding steroid dienone is 1. The maximum absolute atomic E-state index is 10.9. The number of quaternary nitrogens is 1. The van der Waals surface area contributed by atoms with E-state index in [1.54, 1.807) is 13.0 Å². The fourth-order valence-corrected chi connectivity index (χ4v) is 0.896. The van der Waals surface area contributed by atoms with Crippen molar-refractivity contribution in [1.82, 2.24) is 0 Å². The molecule has 0 atom stereocenters. The molecule has 0 rings (SSSR count). The molecular weight excluding hydrogens is 202 g/mol. The third-order valence-corrected chi connectivity index (χ3v) is 1.52. The molecule has 0 saturated heterocycles. The van der Waals surface area contributed by atoms with Gasteiger partial charge >= 0.3 is 5.97 Å². The van der Waals surface area contributed by atoms with Crippen molar-refractivity contribution in [3.8, 4) is 0 Å². The van der Waals surface area contributed by atoms with Crippen LogP contribution >= 0.6 is 0 Å². The van der Waals surface area contributed by atoms with Crippen LogP contribution in [0.25, 0.3) is 0 Å². The first-order chi connectivity index (χ1) is 5.95. The van der Waals surface area contributed by atoms with Crippen LogP contribution in [-0.4, -0.2) is 44.7 Å². The van der Waals surface area contributed by atoms with Crippen molar-refractivity contribution < 1.29 is 26.4 Å². The largest absolute Gasteiger partial charge is 1.00 e. The highest BCUT2D eigenvalue weighted by Gasteiger charge is 2.06. The lowest BCUT2D eigenvalue weighted by molar-refractivity contribution is -0.870. The van der Waals surface area contributed by atoms with E-state index in [9.17, 15) is 4.79 Å². The van der Waals surface area contributed by atoms with Gasteiger partial charge in [0.2, 0.25) is 0 Å². The van der Waals surface area contributed by atoms with Gasteiger partial charge in [0.05, 0.1) is 34.3 Å². The topological polar surface area (TPSA) is 26.3 Å². The molecule has 0 saturated carbocycles. The number of hydrogen-bond acceptors (Lipinski definition) is 2. The molecule has 0 amide bonds. The van der Waals surface area contributed by atoms with E-state index in [0.29, 0.717) is 6.61 Å². The predicted molar refractivity (Wildman–Crippen MR) is 53.3 cm³/mol. The Labute approximate surface area is 92.7 Å². The summed E-state index contributed by atoms with van der Waals surface area (Å²) >= 11 is 0. The Morgan fingerprint density at radius 3 is 2.36 bits per heavy atom. The van der Waals surface area contributed by atoms with Gasteiger partial charge in [-0.1, -0.05) is 6.08 Å². The normalized spacial score (nSPS) is 11.1. The Hall–Kier alpha value is -0.540. The summed E-state index contributed by atoms with van der Waals surface area (Å²) in [6.07, 6.45) is 4.03. The van der Waals surface area contributed by atoms with Crippen LogP contribution in [0, 0.1) is 0 Å². The van der Waals surface area contributed by atoms with Gasteiger partial charge in [0.15, 0.2) is 0 Å². The Morgan fingerprint density at radius 2 is 1.93 bits per heavy atom. The smallest absolute Gasteiger partial charge is 0.330 e. The minimum absolute atomic E-state index is 0. The van der Waals surface area contributed by atoms with Crippen molar-refractivity contribution in [2.45, 2.75) is 13.3 Å². The molecule has 0 fully saturated rings. The summed E-state index contributed by atoms with van der Waals surface area (Å²) in [6.45, 7) is 3.33. The minimum Gasteiger partial charge on any atom is -1.00 e. The van der Waals surface area contributed by atoms with E-state index in [0.717, 1.165) is 17.4 Å². The molecule has 3 nitrogen and oxygen atoms in total. The van der Waals surface area contributed by atoms with Gasteiger partial charge in [-0.3, -0.25) is 0 Å². The Balaban J connectivity index is 0. The second-order valence-corrected chi connectivity index (χ2v) is 4.03. The molecule has 0 aliphatic carbocycles. The number of nitrogens with zero attached hydrogens (tertiary/aromatic N) is 1. The van der Waals surface area contributed by atoms with Gasteiger partial charge in [-0.25, -0.2) is 4.79 Å². The van der Waals surface area contributed by atoms with Crippen LogP contribution in [-0.2, 0) is 9.53 Å². The fourth-order valence-electron chi connectivity index (χ4n) is 0.896. The zero-order valence-corrected chi connectivity index (χ0v) is 10.2. The van der Waals surface area contributed by atoms with Crippen LogP contribution < -0.4 is 12.4 Å². The lowest BCUT2D eigenvalue weighted by Crippen LogP contribution is -3.00. The van der Waals surface area contributed by atoms with Gasteiger partial charge in [0.1, 0.15) is 0 Å². The lowest BCUT2D eigenvalue weighted by Gasteiger charge is -2.23. The molecule has 0 aliphatic rings. The molecule has 0 N–H and O–H groups in total. The van der Waals surface area contributed by atoms with Crippen LogP contribution in [0.1, 0.15) is 13.3 Å². The average molecular weight is 222 g/mol. The summed E-state index contributed by atoms with van der Waals surface area (Å²) < 4.78 is 5.85. The number of rotatable bonds is 5. The summed E-state index contributed by atoms with van der Waals surface area (Å²) in [5.41, 5.74) is 0. The van der Waals surface area contributed by atoms with Gasteiger partial charge in [0, 0.05) is 12.5 Å². The first-order valence-electron chi connectivity index (χ1n) is 4.55. The number of ether oxygens (including phenoxy) is 1. The van der Waals surface area contributed by atoms with Crippen LogP contribution in [0.2, 0.25) is 0 Å². The second kappa shape index (κ2) is 7.83. The number of halogens is 1. The highest BCUT2D eigenvalue weighted by molar-refractivity contribution is 5.81. The third kappa shape index (κ3) is 11.5. The SMILES string of the molecule is CC=CC(=O)OCCC[N+](C)(C)C.[Cl-]. The predicted octanol–water partition coefficient (Wildman–Crippen LogP) is -1.79. The Morgan fingerprint density at radius 1 is 1.36 bits per heavy atom. The van der Waals surface area contributed by atoms with E-state index < -0.39 is 0 Å². The summed E-state index contributed by atoms with van der Waals surface area (Å²) in [7, 11) is 6.36. The molecule has 0 aliphatic heterocycles. The van der Waals surface area contributed by atoms with Gasteiger partial charge in [0.25, 0.3) is 0 Å². The second-order valence-electron chi connectivity index (χ2n) is 4.03. The van der Waals surface area contributed by atoms with Crippen molar-refractivity contribution in [1.29, 1.82) is 0 Å². The molecule has 0 heterocycles. The Bertz CT molecular complexity index is 185. The van der Waals surface area contributed by atoms with Crippen LogP contribution in [0.4, 0.5) is 0 Å². The first-order valence-corrected chi connectivity index (χ1v) is 4.55. The van der Waals surface area contributed by atoms with Crippen molar-refractivity contribution in [2.75, 3.05) is 34.3 Å². The highest BCUT2D eigenvalue weighted by Crippen LogP contribution is 1.94. The van der Waals surface area contributed by atoms with E-state index in [-0.39, 0.29) is 18.4 Å². The van der Waals surface area contributed by atoms with Crippen LogP contribution in [0.5, 0.6) is 0 Å². The van der Waals surface area contributed by atoms with Gasteiger partial charge in [-0.05, 0) is 6.92 Å². The van der Waals surface area contributed by atoms with Gasteiger partial charge < -0.3 is 21.6 Å². The number of esters is 1. The van der Waals surface area contributed by atoms with Gasteiger partial charge in [-0.15, -0.1) is 0 Å².